The highest BCUT2D eigenvalue weighted by Gasteiger charge is 2.26. The van der Waals surface area contributed by atoms with Gasteiger partial charge in [0.05, 0.1) is 18.9 Å². The molecule has 4 rings (SSSR count). The van der Waals surface area contributed by atoms with Gasteiger partial charge in [-0.25, -0.2) is 0 Å². The van der Waals surface area contributed by atoms with E-state index in [4.69, 9.17) is 4.74 Å². The first-order chi connectivity index (χ1) is 15.9. The first-order valence-electron chi connectivity index (χ1n) is 11.5. The van der Waals surface area contributed by atoms with Gasteiger partial charge in [-0.2, -0.15) is 0 Å². The zero-order chi connectivity index (χ0) is 23.5. The summed E-state index contributed by atoms with van der Waals surface area (Å²) >= 11 is 1.44. The molecular formula is C25H33N5O2S. The number of ether oxygens (including phenoxy) is 1. The molecule has 1 aliphatic heterocycles. The van der Waals surface area contributed by atoms with Gasteiger partial charge in [0.1, 0.15) is 5.75 Å². The zero-order valence-corrected chi connectivity index (χ0v) is 21.0. The summed E-state index contributed by atoms with van der Waals surface area (Å²) in [6, 6.07) is 10.0. The molecule has 2 aromatic heterocycles. The Labute approximate surface area is 200 Å². The minimum absolute atomic E-state index is 0.108. The van der Waals surface area contributed by atoms with Crippen molar-refractivity contribution >= 4 is 17.5 Å². The van der Waals surface area contributed by atoms with Crippen LogP contribution in [0.25, 0.3) is 5.69 Å². The van der Waals surface area contributed by atoms with Crippen molar-refractivity contribution in [2.75, 3.05) is 26.0 Å². The Hall–Kier alpha value is -2.58. The number of thioether (sulfide) groups is 1. The number of rotatable bonds is 8. The fourth-order valence-corrected chi connectivity index (χ4v) is 5.28. The molecule has 0 bridgehead atoms. The topological polar surface area (TPSA) is 65.2 Å². The maximum atomic E-state index is 13.0. The molecule has 0 N–H and O–H groups in total. The van der Waals surface area contributed by atoms with Crippen molar-refractivity contribution in [3.63, 3.8) is 0 Å². The fraction of sp³-hybridized carbons (Fsp3) is 0.480. The molecule has 0 saturated carbocycles. The molecule has 7 nitrogen and oxygen atoms in total. The summed E-state index contributed by atoms with van der Waals surface area (Å²) < 4.78 is 9.49. The van der Waals surface area contributed by atoms with E-state index in [1.807, 2.05) is 51.2 Å². The van der Waals surface area contributed by atoms with Crippen molar-refractivity contribution in [1.29, 1.82) is 0 Å². The van der Waals surface area contributed by atoms with E-state index in [1.165, 1.54) is 31.0 Å². The lowest BCUT2D eigenvalue weighted by atomic mass is 10.1. The van der Waals surface area contributed by atoms with Gasteiger partial charge >= 0.3 is 0 Å². The van der Waals surface area contributed by atoms with Crippen molar-refractivity contribution in [3.8, 4) is 11.4 Å². The lowest BCUT2D eigenvalue weighted by Crippen LogP contribution is -2.33. The van der Waals surface area contributed by atoms with Crippen LogP contribution in [-0.2, 0) is 7.05 Å². The third-order valence-electron chi connectivity index (χ3n) is 6.71. The normalized spacial score (nSPS) is 15.5. The predicted molar refractivity (Wildman–Crippen MR) is 132 cm³/mol. The number of aromatic nitrogens is 4. The van der Waals surface area contributed by atoms with Gasteiger partial charge < -0.3 is 9.30 Å². The monoisotopic (exact) mass is 467 g/mol. The van der Waals surface area contributed by atoms with Crippen LogP contribution in [0.3, 0.4) is 0 Å². The molecule has 0 radical (unpaired) electrons. The number of Topliss-reactive ketones (excluding diaryl/α,β-unsaturated/α-hetero) is 1. The lowest BCUT2D eigenvalue weighted by Gasteiger charge is -2.31. The first-order valence-corrected chi connectivity index (χ1v) is 12.5. The van der Waals surface area contributed by atoms with Gasteiger partial charge in [-0.1, -0.05) is 18.2 Å². The van der Waals surface area contributed by atoms with E-state index in [-0.39, 0.29) is 11.8 Å². The largest absolute Gasteiger partial charge is 0.497 e. The summed E-state index contributed by atoms with van der Waals surface area (Å²) in [5, 5.41) is 9.86. The minimum atomic E-state index is 0.108. The van der Waals surface area contributed by atoms with Crippen LogP contribution < -0.4 is 4.74 Å². The number of piperidine rings is 1. The highest BCUT2D eigenvalue weighted by Crippen LogP contribution is 2.30. The van der Waals surface area contributed by atoms with Gasteiger partial charge in [-0.3, -0.25) is 14.3 Å². The maximum Gasteiger partial charge on any atom is 0.196 e. The van der Waals surface area contributed by atoms with E-state index >= 15 is 0 Å². The summed E-state index contributed by atoms with van der Waals surface area (Å²) in [4.78, 5) is 15.5. The Morgan fingerprint density at radius 2 is 1.82 bits per heavy atom. The van der Waals surface area contributed by atoms with Gasteiger partial charge in [-0.05, 0) is 77.0 Å². The quantitative estimate of drug-likeness (QED) is 0.352. The second-order valence-electron chi connectivity index (χ2n) is 8.70. The van der Waals surface area contributed by atoms with Crippen molar-refractivity contribution in [2.24, 2.45) is 7.05 Å². The first kappa shape index (κ1) is 23.6. The van der Waals surface area contributed by atoms with Crippen LogP contribution in [0.15, 0.2) is 35.5 Å². The predicted octanol–water partition coefficient (Wildman–Crippen LogP) is 4.75. The van der Waals surface area contributed by atoms with Crippen molar-refractivity contribution in [3.05, 3.63) is 53.1 Å². The van der Waals surface area contributed by atoms with E-state index in [2.05, 4.69) is 31.2 Å². The number of carbonyl (C=O) groups excluding carboxylic acids is 1. The molecule has 8 heteroatoms. The highest BCUT2D eigenvalue weighted by atomic mass is 32.2. The summed E-state index contributed by atoms with van der Waals surface area (Å²) in [6.45, 7) is 8.36. The second kappa shape index (κ2) is 10.1. The van der Waals surface area contributed by atoms with Crippen LogP contribution in [0.5, 0.6) is 5.75 Å². The number of aryl methyl sites for hydroxylation is 1. The third-order valence-corrected chi connectivity index (χ3v) is 7.64. The highest BCUT2D eigenvalue weighted by molar-refractivity contribution is 7.99. The summed E-state index contributed by atoms with van der Waals surface area (Å²) in [5.74, 6) is 2.13. The number of methoxy groups -OCH3 is 1. The van der Waals surface area contributed by atoms with Gasteiger partial charge in [0.15, 0.2) is 16.8 Å². The van der Waals surface area contributed by atoms with Gasteiger partial charge in [0.25, 0.3) is 0 Å². The molecule has 1 unspecified atom stereocenters. The molecule has 1 aliphatic rings. The number of carbonyl (C=O) groups is 1. The summed E-state index contributed by atoms with van der Waals surface area (Å²) in [7, 11) is 3.65. The molecule has 0 aliphatic carbocycles. The summed E-state index contributed by atoms with van der Waals surface area (Å²) in [6.07, 6.45) is 3.72. The van der Waals surface area contributed by atoms with Crippen LogP contribution in [0.2, 0.25) is 0 Å². The molecular weight excluding hydrogens is 434 g/mol. The molecule has 0 amide bonds. The van der Waals surface area contributed by atoms with Crippen LogP contribution >= 0.6 is 11.8 Å². The number of nitrogens with zero attached hydrogens (tertiary/aromatic N) is 5. The molecule has 1 aromatic carbocycles. The van der Waals surface area contributed by atoms with E-state index in [0.717, 1.165) is 52.5 Å². The Morgan fingerprint density at radius 3 is 2.42 bits per heavy atom. The van der Waals surface area contributed by atoms with Gasteiger partial charge in [0.2, 0.25) is 0 Å². The van der Waals surface area contributed by atoms with E-state index < -0.39 is 0 Å². The molecule has 1 atom stereocenters. The molecule has 3 aromatic rings. The van der Waals surface area contributed by atoms with Crippen LogP contribution in [0.1, 0.15) is 59.8 Å². The number of benzene rings is 1. The number of ketones is 1. The Balaban J connectivity index is 1.63. The number of likely N-dealkylation sites (tertiary alicyclic amines) is 1. The molecule has 3 heterocycles. The SMILES string of the molecule is COc1ccc(-n2c(SCC(=O)c3cc(C)n(C)c3C)nnc2C(C)N2CCCCC2)cc1. The molecule has 176 valence electrons. The summed E-state index contributed by atoms with van der Waals surface area (Å²) in [5.41, 5.74) is 3.83. The standard InChI is InChI=1S/C25H33N5O2S/c1-17-15-22(18(2)28(17)4)23(31)16-33-25-27-26-24(19(3)29-13-7-6-8-14-29)30(25)20-9-11-21(32-5)12-10-20/h9-12,15,19H,6-8,13-14,16H2,1-5H3. The Kier molecular flexibility index (Phi) is 7.24. The Morgan fingerprint density at radius 1 is 1.12 bits per heavy atom. The molecule has 1 fully saturated rings. The number of hydrogen-bond acceptors (Lipinski definition) is 6. The van der Waals surface area contributed by atoms with Crippen LogP contribution in [-0.4, -0.2) is 56.0 Å². The van der Waals surface area contributed by atoms with E-state index in [0.29, 0.717) is 5.75 Å². The van der Waals surface area contributed by atoms with Crippen LogP contribution in [0, 0.1) is 13.8 Å². The molecule has 0 spiro atoms. The maximum absolute atomic E-state index is 13.0. The second-order valence-corrected chi connectivity index (χ2v) is 9.64. The van der Waals surface area contributed by atoms with E-state index in [9.17, 15) is 4.79 Å². The average molecular weight is 468 g/mol. The third kappa shape index (κ3) is 4.87. The molecule has 1 saturated heterocycles. The number of hydrogen-bond donors (Lipinski definition) is 0. The fourth-order valence-electron chi connectivity index (χ4n) is 4.43. The smallest absolute Gasteiger partial charge is 0.196 e. The zero-order valence-electron chi connectivity index (χ0n) is 20.2. The van der Waals surface area contributed by atoms with Gasteiger partial charge in [-0.15, -0.1) is 10.2 Å². The van der Waals surface area contributed by atoms with E-state index in [1.54, 1.807) is 7.11 Å². The van der Waals surface area contributed by atoms with Crippen LogP contribution in [0.4, 0.5) is 0 Å². The Bertz CT molecular complexity index is 1110. The van der Waals surface area contributed by atoms with Crippen molar-refractivity contribution in [2.45, 2.75) is 51.2 Å². The van der Waals surface area contributed by atoms with Crippen molar-refractivity contribution < 1.29 is 9.53 Å². The minimum Gasteiger partial charge on any atom is -0.497 e. The molecule has 33 heavy (non-hydrogen) atoms. The average Bonchev–Trinajstić information content (AvgIpc) is 3.39. The lowest BCUT2D eigenvalue weighted by molar-refractivity contribution is 0.102. The van der Waals surface area contributed by atoms with Crippen molar-refractivity contribution in [1.82, 2.24) is 24.2 Å². The van der Waals surface area contributed by atoms with Gasteiger partial charge in [0, 0.05) is 29.7 Å².